The molecule has 1 N–H and O–H groups in total. The van der Waals surface area contributed by atoms with Crippen LogP contribution in [0.15, 0.2) is 48.5 Å². The first-order valence-corrected chi connectivity index (χ1v) is 8.16. The third-order valence-electron chi connectivity index (χ3n) is 5.36. The quantitative estimate of drug-likeness (QED) is 0.497. The molecule has 0 fully saturated rings. The van der Waals surface area contributed by atoms with Crippen LogP contribution in [0.5, 0.6) is 0 Å². The maximum Gasteiger partial charge on any atom is 0.311 e. The number of rotatable bonds is 1. The average Bonchev–Trinajstić information content (AvgIpc) is 2.58. The van der Waals surface area contributed by atoms with E-state index in [4.69, 9.17) is 0 Å². The van der Waals surface area contributed by atoms with Gasteiger partial charge >= 0.3 is 5.97 Å². The lowest BCUT2D eigenvalue weighted by molar-refractivity contribution is -0.139. The van der Waals surface area contributed by atoms with Crippen molar-refractivity contribution in [2.45, 2.75) is 25.2 Å². The molecule has 0 aromatic heterocycles. The molecule has 0 radical (unpaired) electrons. The molecule has 1 aliphatic rings. The highest BCUT2D eigenvalue weighted by Gasteiger charge is 2.29. The molecule has 1 atom stereocenters. The van der Waals surface area contributed by atoms with Gasteiger partial charge in [-0.2, -0.15) is 0 Å². The van der Waals surface area contributed by atoms with Crippen LogP contribution in [-0.2, 0) is 11.2 Å². The van der Waals surface area contributed by atoms with E-state index in [1.807, 2.05) is 0 Å². The molecule has 0 saturated heterocycles. The van der Waals surface area contributed by atoms with Crippen molar-refractivity contribution in [2.75, 3.05) is 0 Å². The van der Waals surface area contributed by atoms with E-state index in [1.165, 1.54) is 32.5 Å². The van der Waals surface area contributed by atoms with E-state index in [1.54, 1.807) is 0 Å². The van der Waals surface area contributed by atoms with Gasteiger partial charge < -0.3 is 5.11 Å². The second-order valence-corrected chi connectivity index (χ2v) is 6.59. The highest BCUT2D eigenvalue weighted by Crippen LogP contribution is 2.43. The standard InChI is InChI=1S/C21H16O2/c22-21(23)17-6-2-5-14-11-15-8-7-12-3-1-4-13-9-10-16(19(14)17)20(15)18(12)13/h1,3-4,7-11,17H,2,5-6H2,(H,22,23). The number of aliphatic carboxylic acids is 1. The first-order chi connectivity index (χ1) is 11.2. The highest BCUT2D eigenvalue weighted by atomic mass is 16.4. The summed E-state index contributed by atoms with van der Waals surface area (Å²) in [6.45, 7) is 0. The van der Waals surface area contributed by atoms with Crippen LogP contribution in [0.1, 0.15) is 29.9 Å². The summed E-state index contributed by atoms with van der Waals surface area (Å²) in [6.07, 6.45) is 2.68. The van der Waals surface area contributed by atoms with E-state index in [9.17, 15) is 9.90 Å². The molecule has 1 unspecified atom stereocenters. The van der Waals surface area contributed by atoms with Crippen LogP contribution in [0.25, 0.3) is 32.3 Å². The van der Waals surface area contributed by atoms with Crippen molar-refractivity contribution in [1.82, 2.24) is 0 Å². The molecule has 2 nitrogen and oxygen atoms in total. The van der Waals surface area contributed by atoms with Crippen LogP contribution in [0, 0.1) is 0 Å². The summed E-state index contributed by atoms with van der Waals surface area (Å²) >= 11 is 0. The summed E-state index contributed by atoms with van der Waals surface area (Å²) in [5.74, 6) is -1.07. The number of aryl methyl sites for hydroxylation is 1. The lowest BCUT2D eigenvalue weighted by Gasteiger charge is -2.26. The van der Waals surface area contributed by atoms with E-state index >= 15 is 0 Å². The number of benzene rings is 4. The Bertz CT molecular complexity index is 1060. The zero-order valence-electron chi connectivity index (χ0n) is 12.7. The third-order valence-corrected chi connectivity index (χ3v) is 5.36. The molecule has 0 aliphatic heterocycles. The molecule has 0 heterocycles. The zero-order valence-corrected chi connectivity index (χ0v) is 12.7. The van der Waals surface area contributed by atoms with Crippen LogP contribution in [0.3, 0.4) is 0 Å². The van der Waals surface area contributed by atoms with E-state index < -0.39 is 5.97 Å². The minimum absolute atomic E-state index is 0.372. The van der Waals surface area contributed by atoms with Gasteiger partial charge in [0.25, 0.3) is 0 Å². The normalized spacial score (nSPS) is 17.8. The number of carbonyl (C=O) groups is 1. The van der Waals surface area contributed by atoms with Gasteiger partial charge in [0.1, 0.15) is 0 Å². The van der Waals surface area contributed by atoms with Gasteiger partial charge in [0.05, 0.1) is 5.92 Å². The van der Waals surface area contributed by atoms with Crippen molar-refractivity contribution in [3.05, 3.63) is 59.7 Å². The van der Waals surface area contributed by atoms with Crippen molar-refractivity contribution in [1.29, 1.82) is 0 Å². The molecule has 5 rings (SSSR count). The smallest absolute Gasteiger partial charge is 0.311 e. The van der Waals surface area contributed by atoms with Crippen LogP contribution < -0.4 is 0 Å². The third kappa shape index (κ3) is 1.66. The van der Waals surface area contributed by atoms with Crippen molar-refractivity contribution >= 4 is 38.3 Å². The van der Waals surface area contributed by atoms with E-state index in [-0.39, 0.29) is 5.92 Å². The summed E-state index contributed by atoms with van der Waals surface area (Å²) in [5.41, 5.74) is 2.27. The Morgan fingerprint density at radius 1 is 0.957 bits per heavy atom. The number of carboxylic acid groups (broad SMARTS) is 1. The van der Waals surface area contributed by atoms with Gasteiger partial charge in [-0.3, -0.25) is 4.79 Å². The molecule has 0 bridgehead atoms. The van der Waals surface area contributed by atoms with Gasteiger partial charge in [-0.05, 0) is 62.7 Å². The minimum Gasteiger partial charge on any atom is -0.481 e. The predicted molar refractivity (Wildman–Crippen MR) is 93.5 cm³/mol. The lowest BCUT2D eigenvalue weighted by Crippen LogP contribution is -2.18. The van der Waals surface area contributed by atoms with Crippen molar-refractivity contribution < 1.29 is 9.90 Å². The predicted octanol–water partition coefficient (Wildman–Crippen LogP) is 5.09. The second kappa shape index (κ2) is 4.45. The van der Waals surface area contributed by atoms with Gasteiger partial charge in [0.15, 0.2) is 0 Å². The summed E-state index contributed by atoms with van der Waals surface area (Å²) < 4.78 is 0. The van der Waals surface area contributed by atoms with Gasteiger partial charge in [0.2, 0.25) is 0 Å². The first kappa shape index (κ1) is 12.9. The SMILES string of the molecule is O=C(O)C1CCCc2cc3ccc4cccc5ccc(c21)c3c45. The van der Waals surface area contributed by atoms with Crippen LogP contribution in [-0.4, -0.2) is 11.1 Å². The minimum atomic E-state index is -0.694. The van der Waals surface area contributed by atoms with E-state index in [0.717, 1.165) is 30.2 Å². The Kier molecular flexibility index (Phi) is 2.49. The Morgan fingerprint density at radius 2 is 1.70 bits per heavy atom. The highest BCUT2D eigenvalue weighted by molar-refractivity contribution is 6.24. The summed E-state index contributed by atoms with van der Waals surface area (Å²) in [4.78, 5) is 11.8. The molecular formula is C21H16O2. The molecule has 112 valence electrons. The molecule has 4 aromatic rings. The first-order valence-electron chi connectivity index (χ1n) is 8.16. The van der Waals surface area contributed by atoms with Gasteiger partial charge in [-0.25, -0.2) is 0 Å². The Labute approximate surface area is 133 Å². The van der Waals surface area contributed by atoms with Gasteiger partial charge in [-0.15, -0.1) is 0 Å². The van der Waals surface area contributed by atoms with Crippen LogP contribution in [0.2, 0.25) is 0 Å². The molecule has 0 saturated carbocycles. The fourth-order valence-electron chi connectivity index (χ4n) is 4.40. The molecular weight excluding hydrogens is 284 g/mol. The number of hydrogen-bond donors (Lipinski definition) is 1. The van der Waals surface area contributed by atoms with E-state index in [0.29, 0.717) is 0 Å². The molecule has 2 heteroatoms. The summed E-state index contributed by atoms with van der Waals surface area (Å²) in [6, 6.07) is 17.2. The van der Waals surface area contributed by atoms with Crippen molar-refractivity contribution in [2.24, 2.45) is 0 Å². The van der Waals surface area contributed by atoms with Crippen LogP contribution >= 0.6 is 0 Å². The van der Waals surface area contributed by atoms with Crippen molar-refractivity contribution in [3.63, 3.8) is 0 Å². The number of hydrogen-bond acceptors (Lipinski definition) is 1. The average molecular weight is 300 g/mol. The number of carboxylic acids is 1. The fourth-order valence-corrected chi connectivity index (χ4v) is 4.40. The maximum atomic E-state index is 11.8. The summed E-state index contributed by atoms with van der Waals surface area (Å²) in [7, 11) is 0. The molecule has 0 amide bonds. The summed E-state index contributed by atoms with van der Waals surface area (Å²) in [5, 5.41) is 17.0. The topological polar surface area (TPSA) is 37.3 Å². The Balaban J connectivity index is 2.02. The zero-order chi connectivity index (χ0) is 15.6. The van der Waals surface area contributed by atoms with Crippen molar-refractivity contribution in [3.8, 4) is 0 Å². The molecule has 0 spiro atoms. The number of fused-ring (bicyclic) bond motifs is 2. The largest absolute Gasteiger partial charge is 0.481 e. The monoisotopic (exact) mass is 300 g/mol. The van der Waals surface area contributed by atoms with Gasteiger partial charge in [0, 0.05) is 0 Å². The molecule has 23 heavy (non-hydrogen) atoms. The van der Waals surface area contributed by atoms with E-state index in [2.05, 4.69) is 48.5 Å². The Hall–Kier alpha value is -2.61. The van der Waals surface area contributed by atoms with Gasteiger partial charge in [-0.1, -0.05) is 48.5 Å². The molecule has 1 aliphatic carbocycles. The van der Waals surface area contributed by atoms with Crippen LogP contribution in [0.4, 0.5) is 0 Å². The fraction of sp³-hybridized carbons (Fsp3) is 0.190. The Morgan fingerprint density at radius 3 is 2.48 bits per heavy atom. The second-order valence-electron chi connectivity index (χ2n) is 6.59. The maximum absolute atomic E-state index is 11.8. The lowest BCUT2D eigenvalue weighted by atomic mass is 9.78. The molecule has 4 aromatic carbocycles.